The first-order chi connectivity index (χ1) is 19.1. The van der Waals surface area contributed by atoms with Crippen molar-refractivity contribution in [2.75, 3.05) is 24.7 Å². The van der Waals surface area contributed by atoms with E-state index in [1.165, 1.54) is 42.7 Å². The summed E-state index contributed by atoms with van der Waals surface area (Å²) in [6.45, 7) is 1.09. The minimum atomic E-state index is -3.45. The van der Waals surface area contributed by atoms with E-state index < -0.39 is 38.9 Å². The summed E-state index contributed by atoms with van der Waals surface area (Å²) in [6, 6.07) is 15.7. The Hall–Kier alpha value is -3.21. The van der Waals surface area contributed by atoms with Crippen molar-refractivity contribution in [2.24, 2.45) is 0 Å². The van der Waals surface area contributed by atoms with Gasteiger partial charge in [-0.05, 0) is 73.2 Å². The second kappa shape index (κ2) is 11.3. The fraction of sp³-hybridized carbons (Fsp3) is 0.367. The highest BCUT2D eigenvalue weighted by molar-refractivity contribution is 7.88. The average Bonchev–Trinajstić information content (AvgIpc) is 3.66. The van der Waals surface area contributed by atoms with Gasteiger partial charge in [-0.3, -0.25) is 4.79 Å². The molecular weight excluding hydrogens is 539 g/mol. The first kappa shape index (κ1) is 28.3. The molecule has 6 nitrogen and oxygen atoms in total. The summed E-state index contributed by atoms with van der Waals surface area (Å²) in [5, 5.41) is 6.16. The molecule has 3 aromatic rings. The minimum absolute atomic E-state index is 0.0376. The summed E-state index contributed by atoms with van der Waals surface area (Å²) in [4.78, 5) is 13.3. The van der Waals surface area contributed by atoms with Crippen LogP contribution in [0.5, 0.6) is 0 Å². The topological polar surface area (TPSA) is 78.5 Å². The van der Waals surface area contributed by atoms with Crippen molar-refractivity contribution in [3.8, 4) is 0 Å². The molecule has 2 N–H and O–H groups in total. The van der Waals surface area contributed by atoms with Crippen LogP contribution in [0.1, 0.15) is 48.3 Å². The first-order valence-corrected chi connectivity index (χ1v) is 15.2. The van der Waals surface area contributed by atoms with Gasteiger partial charge in [0.1, 0.15) is 17.5 Å². The Kier molecular flexibility index (Phi) is 8.03. The van der Waals surface area contributed by atoms with E-state index in [-0.39, 0.29) is 24.8 Å². The van der Waals surface area contributed by atoms with Crippen molar-refractivity contribution in [3.63, 3.8) is 0 Å². The Morgan fingerprint density at radius 1 is 1.00 bits per heavy atom. The van der Waals surface area contributed by atoms with E-state index in [9.17, 15) is 22.0 Å². The fourth-order valence-electron chi connectivity index (χ4n) is 5.85. The van der Waals surface area contributed by atoms with E-state index in [0.29, 0.717) is 41.9 Å². The Labute approximate surface area is 232 Å². The van der Waals surface area contributed by atoms with Crippen molar-refractivity contribution in [1.82, 2.24) is 9.62 Å². The van der Waals surface area contributed by atoms with Gasteiger partial charge in [0.05, 0.1) is 6.26 Å². The summed E-state index contributed by atoms with van der Waals surface area (Å²) in [5.74, 6) is -2.18. The van der Waals surface area contributed by atoms with Crippen LogP contribution in [0.2, 0.25) is 0 Å². The Morgan fingerprint density at radius 3 is 2.15 bits per heavy atom. The van der Waals surface area contributed by atoms with Crippen LogP contribution in [-0.4, -0.2) is 49.6 Å². The van der Waals surface area contributed by atoms with Crippen LogP contribution in [-0.2, 0) is 21.2 Å². The number of benzene rings is 3. The average molecular weight is 572 g/mol. The highest BCUT2D eigenvalue weighted by Gasteiger charge is 2.55. The van der Waals surface area contributed by atoms with E-state index in [1.54, 1.807) is 34.6 Å². The highest BCUT2D eigenvalue weighted by Crippen LogP contribution is 2.46. The van der Waals surface area contributed by atoms with Crippen LogP contribution in [0, 0.1) is 17.5 Å². The van der Waals surface area contributed by atoms with Gasteiger partial charge in [-0.1, -0.05) is 30.3 Å². The number of carbonyl (C=O) groups is 1. The number of rotatable bonds is 9. The van der Waals surface area contributed by atoms with Gasteiger partial charge >= 0.3 is 0 Å². The molecule has 1 saturated heterocycles. The van der Waals surface area contributed by atoms with Gasteiger partial charge in [0.15, 0.2) is 0 Å². The number of piperazine rings is 1. The minimum Gasteiger partial charge on any atom is -0.326 e. The monoisotopic (exact) mass is 571 g/mol. The molecule has 5 rings (SSSR count). The Bertz CT molecular complexity index is 1430. The van der Waals surface area contributed by atoms with Crippen LogP contribution < -0.4 is 10.6 Å². The number of amides is 1. The summed E-state index contributed by atoms with van der Waals surface area (Å²) in [6.07, 6.45) is 3.40. The maximum Gasteiger partial charge on any atom is 0.225 e. The quantitative estimate of drug-likeness (QED) is 0.381. The van der Waals surface area contributed by atoms with Gasteiger partial charge in [0.25, 0.3) is 0 Å². The van der Waals surface area contributed by atoms with Gasteiger partial charge in [-0.15, -0.1) is 0 Å². The molecule has 0 radical (unpaired) electrons. The number of hydrogen-bond acceptors (Lipinski definition) is 4. The molecule has 2 fully saturated rings. The molecule has 1 unspecified atom stereocenters. The van der Waals surface area contributed by atoms with Gasteiger partial charge < -0.3 is 10.6 Å². The number of hydrogen-bond donors (Lipinski definition) is 2. The van der Waals surface area contributed by atoms with Crippen molar-refractivity contribution in [2.45, 2.75) is 49.6 Å². The van der Waals surface area contributed by atoms with Crippen LogP contribution in [0.25, 0.3) is 0 Å². The van der Waals surface area contributed by atoms with Crippen molar-refractivity contribution in [3.05, 3.63) is 101 Å². The zero-order valence-corrected chi connectivity index (χ0v) is 23.0. The molecule has 1 amide bonds. The summed E-state index contributed by atoms with van der Waals surface area (Å²) < 4.78 is 69.1. The lowest BCUT2D eigenvalue weighted by Gasteiger charge is -2.41. The zero-order valence-electron chi connectivity index (χ0n) is 22.2. The maximum absolute atomic E-state index is 15.0. The third kappa shape index (κ3) is 6.24. The third-order valence-corrected chi connectivity index (χ3v) is 9.27. The molecule has 1 aliphatic heterocycles. The summed E-state index contributed by atoms with van der Waals surface area (Å²) in [7, 11) is -3.45. The van der Waals surface area contributed by atoms with Gasteiger partial charge in [-0.25, -0.2) is 21.6 Å². The second-order valence-electron chi connectivity index (χ2n) is 10.8. The lowest BCUT2D eigenvalue weighted by molar-refractivity contribution is -0.116. The molecule has 2 aliphatic rings. The first-order valence-electron chi connectivity index (χ1n) is 13.3. The molecular formula is C30H32F3N3O3S. The molecule has 0 bridgehead atoms. The number of anilines is 1. The number of nitrogens with one attached hydrogen (secondary N) is 2. The molecule has 1 aliphatic carbocycles. The standard InChI is InChI=1S/C30H32F3N3O3S/c1-40(38,39)36-24(18-34-19-30(36)15-16-30)13-14-25-27(33)3-2-4-28(25)35-29(37)17-26(20-5-9-22(31)10-6-20)21-7-11-23(32)12-8-21/h2-12,24,26,34H,13-19H2,1H3,(H,35,37). The molecule has 212 valence electrons. The highest BCUT2D eigenvalue weighted by atomic mass is 32.2. The van der Waals surface area contributed by atoms with E-state index in [1.807, 2.05) is 0 Å². The molecule has 3 aromatic carbocycles. The SMILES string of the molecule is CS(=O)(=O)N1C(CCc2c(F)cccc2NC(=O)CC(c2ccc(F)cc2)c2ccc(F)cc2)CNCC12CC2. The fourth-order valence-corrected chi connectivity index (χ4v) is 7.52. The predicted molar refractivity (Wildman–Crippen MR) is 148 cm³/mol. The van der Waals surface area contributed by atoms with Crippen molar-refractivity contribution >= 4 is 21.6 Å². The second-order valence-corrected chi connectivity index (χ2v) is 12.6. The molecule has 40 heavy (non-hydrogen) atoms. The molecule has 0 aromatic heterocycles. The van der Waals surface area contributed by atoms with E-state index >= 15 is 4.39 Å². The van der Waals surface area contributed by atoms with Crippen LogP contribution in [0.3, 0.4) is 0 Å². The lowest BCUT2D eigenvalue weighted by atomic mass is 9.88. The van der Waals surface area contributed by atoms with Crippen LogP contribution in [0.4, 0.5) is 18.9 Å². The van der Waals surface area contributed by atoms with E-state index in [0.717, 1.165) is 12.8 Å². The normalized spacial score (nSPS) is 18.7. The predicted octanol–water partition coefficient (Wildman–Crippen LogP) is 4.96. The van der Waals surface area contributed by atoms with Gasteiger partial charge in [-0.2, -0.15) is 4.31 Å². The van der Waals surface area contributed by atoms with E-state index in [4.69, 9.17) is 0 Å². The van der Waals surface area contributed by atoms with Crippen LogP contribution >= 0.6 is 0 Å². The maximum atomic E-state index is 15.0. The van der Waals surface area contributed by atoms with Crippen molar-refractivity contribution < 1.29 is 26.4 Å². The molecule has 1 spiro atoms. The third-order valence-electron chi connectivity index (χ3n) is 7.87. The number of halogens is 3. The molecule has 10 heteroatoms. The molecule has 1 atom stereocenters. The molecule has 1 saturated carbocycles. The van der Waals surface area contributed by atoms with Crippen molar-refractivity contribution in [1.29, 1.82) is 0 Å². The smallest absolute Gasteiger partial charge is 0.225 e. The van der Waals surface area contributed by atoms with Gasteiger partial charge in [0.2, 0.25) is 15.9 Å². The Morgan fingerprint density at radius 2 is 1.60 bits per heavy atom. The summed E-state index contributed by atoms with van der Waals surface area (Å²) >= 11 is 0. The van der Waals surface area contributed by atoms with E-state index in [2.05, 4.69) is 10.6 Å². The number of sulfonamides is 1. The summed E-state index contributed by atoms with van der Waals surface area (Å²) in [5.41, 5.74) is 1.60. The zero-order chi connectivity index (χ0) is 28.5. The van der Waals surface area contributed by atoms with Crippen LogP contribution in [0.15, 0.2) is 66.7 Å². The number of nitrogens with zero attached hydrogens (tertiary/aromatic N) is 1. The molecule has 1 heterocycles. The Balaban J connectivity index is 1.34. The number of carbonyl (C=O) groups excluding carboxylic acids is 1. The largest absolute Gasteiger partial charge is 0.326 e. The lowest BCUT2D eigenvalue weighted by Crippen LogP contribution is -2.60. The van der Waals surface area contributed by atoms with Gasteiger partial charge in [0, 0.05) is 48.3 Å².